The van der Waals surface area contributed by atoms with E-state index >= 15 is 0 Å². The summed E-state index contributed by atoms with van der Waals surface area (Å²) in [7, 11) is 0. The lowest BCUT2D eigenvalue weighted by Gasteiger charge is -2.06. The molecule has 0 amide bonds. The molecule has 2 heterocycles. The molecule has 22 heavy (non-hydrogen) atoms. The van der Waals surface area contributed by atoms with E-state index in [-0.39, 0.29) is 11.1 Å². The second kappa shape index (κ2) is 5.92. The van der Waals surface area contributed by atoms with Crippen molar-refractivity contribution in [3.05, 3.63) is 72.8 Å². The molecule has 0 fully saturated rings. The summed E-state index contributed by atoms with van der Waals surface area (Å²) < 4.78 is 2.33. The highest BCUT2D eigenvalue weighted by Crippen LogP contribution is 2.07. The normalized spacial score (nSPS) is 10.2. The maximum absolute atomic E-state index is 12.0. The molecule has 3 aromatic rings. The standard InChI is InChI=1S/C14H10N4O4/c19-13(21-17-6-4-15-9-17)11-2-1-3-12(8-11)14(20)22-18-7-5-16-10-18/h1-10H. The second-order valence-corrected chi connectivity index (χ2v) is 4.18. The van der Waals surface area contributed by atoms with Crippen molar-refractivity contribution in [3.8, 4) is 0 Å². The molecule has 1 aromatic carbocycles. The van der Waals surface area contributed by atoms with Crippen LogP contribution in [-0.2, 0) is 0 Å². The predicted octanol–water partition coefficient (Wildman–Crippen LogP) is 0.618. The highest BCUT2D eigenvalue weighted by Gasteiger charge is 2.14. The van der Waals surface area contributed by atoms with E-state index in [1.807, 2.05) is 0 Å². The lowest BCUT2D eigenvalue weighted by Crippen LogP contribution is -2.21. The molecule has 0 saturated carbocycles. The van der Waals surface area contributed by atoms with Crippen LogP contribution in [0.2, 0.25) is 0 Å². The maximum Gasteiger partial charge on any atom is 0.363 e. The number of hydrogen-bond acceptors (Lipinski definition) is 6. The van der Waals surface area contributed by atoms with Crippen molar-refractivity contribution >= 4 is 11.9 Å². The Morgan fingerprint density at radius 2 is 1.36 bits per heavy atom. The molecule has 0 saturated heterocycles. The quantitative estimate of drug-likeness (QED) is 0.701. The minimum absolute atomic E-state index is 0.216. The molecule has 8 nitrogen and oxygen atoms in total. The van der Waals surface area contributed by atoms with Crippen LogP contribution >= 0.6 is 0 Å². The van der Waals surface area contributed by atoms with E-state index in [4.69, 9.17) is 9.68 Å². The number of hydrogen-bond donors (Lipinski definition) is 0. The van der Waals surface area contributed by atoms with Crippen molar-refractivity contribution in [1.82, 2.24) is 19.4 Å². The van der Waals surface area contributed by atoms with Crippen molar-refractivity contribution in [2.75, 3.05) is 0 Å². The Kier molecular flexibility index (Phi) is 3.65. The first-order chi connectivity index (χ1) is 10.7. The third kappa shape index (κ3) is 3.01. The van der Waals surface area contributed by atoms with E-state index in [1.165, 1.54) is 65.1 Å². The zero-order valence-electron chi connectivity index (χ0n) is 11.2. The second-order valence-electron chi connectivity index (χ2n) is 4.18. The Morgan fingerprint density at radius 3 is 1.77 bits per heavy atom. The van der Waals surface area contributed by atoms with Crippen LogP contribution in [0.15, 0.2) is 61.7 Å². The molecule has 0 bridgehead atoms. The van der Waals surface area contributed by atoms with Gasteiger partial charge in [0, 0.05) is 12.4 Å². The average molecular weight is 298 g/mol. The van der Waals surface area contributed by atoms with Gasteiger partial charge in [0.05, 0.1) is 23.5 Å². The number of imidazole rings is 2. The summed E-state index contributed by atoms with van der Waals surface area (Å²) >= 11 is 0. The van der Waals surface area contributed by atoms with Gasteiger partial charge in [-0.3, -0.25) is 0 Å². The summed E-state index contributed by atoms with van der Waals surface area (Å²) in [6.07, 6.45) is 8.60. The molecule has 0 aliphatic rings. The van der Waals surface area contributed by atoms with Gasteiger partial charge in [-0.05, 0) is 18.2 Å². The summed E-state index contributed by atoms with van der Waals surface area (Å²) in [6, 6.07) is 6.02. The van der Waals surface area contributed by atoms with Crippen LogP contribution in [-0.4, -0.2) is 31.4 Å². The van der Waals surface area contributed by atoms with E-state index < -0.39 is 11.9 Å². The third-order valence-corrected chi connectivity index (χ3v) is 2.67. The highest BCUT2D eigenvalue weighted by atomic mass is 16.7. The first kappa shape index (κ1) is 13.6. The molecule has 0 aliphatic heterocycles. The van der Waals surface area contributed by atoms with Crippen LogP contribution in [0, 0.1) is 0 Å². The fraction of sp³-hybridized carbons (Fsp3) is 0. The van der Waals surface area contributed by atoms with E-state index in [0.29, 0.717) is 0 Å². The van der Waals surface area contributed by atoms with E-state index in [0.717, 1.165) is 0 Å². The van der Waals surface area contributed by atoms with Crippen LogP contribution in [0.3, 0.4) is 0 Å². The minimum Gasteiger partial charge on any atom is -0.330 e. The van der Waals surface area contributed by atoms with E-state index in [9.17, 15) is 9.59 Å². The summed E-state index contributed by atoms with van der Waals surface area (Å²) in [6.45, 7) is 0. The van der Waals surface area contributed by atoms with Crippen LogP contribution in [0.1, 0.15) is 20.7 Å². The number of carbonyl (C=O) groups is 2. The van der Waals surface area contributed by atoms with Gasteiger partial charge in [0.15, 0.2) is 0 Å². The molecule has 3 rings (SSSR count). The summed E-state index contributed by atoms with van der Waals surface area (Å²) in [5.41, 5.74) is 0.433. The Morgan fingerprint density at radius 1 is 0.864 bits per heavy atom. The maximum atomic E-state index is 12.0. The number of benzene rings is 1. The van der Waals surface area contributed by atoms with E-state index in [2.05, 4.69) is 9.97 Å². The molecule has 0 radical (unpaired) electrons. The zero-order chi connectivity index (χ0) is 15.4. The molecule has 0 unspecified atom stereocenters. The first-order valence-corrected chi connectivity index (χ1v) is 6.24. The van der Waals surface area contributed by atoms with Crippen molar-refractivity contribution < 1.29 is 19.3 Å². The Balaban J connectivity index is 1.74. The third-order valence-electron chi connectivity index (χ3n) is 2.67. The number of carbonyl (C=O) groups excluding carboxylic acids is 2. The molecule has 0 aliphatic carbocycles. The summed E-state index contributed by atoms with van der Waals surface area (Å²) in [5.74, 6) is -1.23. The van der Waals surface area contributed by atoms with Crippen LogP contribution in [0.4, 0.5) is 0 Å². The number of nitrogens with zero attached hydrogens (tertiary/aromatic N) is 4. The lowest BCUT2D eigenvalue weighted by atomic mass is 10.1. The smallest absolute Gasteiger partial charge is 0.330 e. The topological polar surface area (TPSA) is 88.2 Å². The minimum atomic E-state index is -0.615. The van der Waals surface area contributed by atoms with Crippen molar-refractivity contribution in [2.45, 2.75) is 0 Å². The van der Waals surface area contributed by atoms with Crippen molar-refractivity contribution in [2.24, 2.45) is 0 Å². The number of aromatic nitrogens is 4. The molecular weight excluding hydrogens is 288 g/mol. The fourth-order valence-corrected chi connectivity index (χ4v) is 1.67. The zero-order valence-corrected chi connectivity index (χ0v) is 11.2. The fourth-order valence-electron chi connectivity index (χ4n) is 1.67. The summed E-state index contributed by atoms with van der Waals surface area (Å²) in [5, 5.41) is 0. The average Bonchev–Trinajstić information content (AvgIpc) is 3.21. The molecular formula is C14H10N4O4. The molecule has 0 atom stereocenters. The largest absolute Gasteiger partial charge is 0.363 e. The highest BCUT2D eigenvalue weighted by molar-refractivity contribution is 5.95. The van der Waals surface area contributed by atoms with Gasteiger partial charge in [-0.1, -0.05) is 6.07 Å². The molecule has 8 heteroatoms. The van der Waals surface area contributed by atoms with Gasteiger partial charge in [0.1, 0.15) is 12.7 Å². The van der Waals surface area contributed by atoms with Gasteiger partial charge >= 0.3 is 11.9 Å². The van der Waals surface area contributed by atoms with Gasteiger partial charge in [-0.15, -0.1) is 0 Å². The SMILES string of the molecule is O=C(On1ccnc1)c1cccc(C(=O)On2ccnc2)c1. The molecule has 0 spiro atoms. The van der Waals surface area contributed by atoms with E-state index in [1.54, 1.807) is 6.07 Å². The summed E-state index contributed by atoms with van der Waals surface area (Å²) in [4.78, 5) is 41.5. The Labute approximate surface area is 124 Å². The first-order valence-electron chi connectivity index (χ1n) is 6.24. The van der Waals surface area contributed by atoms with Gasteiger partial charge in [0.25, 0.3) is 0 Å². The van der Waals surface area contributed by atoms with Gasteiger partial charge in [0.2, 0.25) is 0 Å². The van der Waals surface area contributed by atoms with Crippen LogP contribution < -0.4 is 9.68 Å². The molecule has 110 valence electrons. The predicted molar refractivity (Wildman–Crippen MR) is 72.7 cm³/mol. The number of rotatable bonds is 4. The van der Waals surface area contributed by atoms with Gasteiger partial charge < -0.3 is 9.68 Å². The van der Waals surface area contributed by atoms with Crippen molar-refractivity contribution in [3.63, 3.8) is 0 Å². The van der Waals surface area contributed by atoms with Gasteiger partial charge in [-0.2, -0.15) is 9.46 Å². The molecule has 0 N–H and O–H groups in total. The molecule has 2 aromatic heterocycles. The Bertz CT molecular complexity index is 718. The monoisotopic (exact) mass is 298 g/mol. The van der Waals surface area contributed by atoms with Crippen molar-refractivity contribution in [1.29, 1.82) is 0 Å². The van der Waals surface area contributed by atoms with Crippen LogP contribution in [0.25, 0.3) is 0 Å². The Hall–Kier alpha value is -3.42. The van der Waals surface area contributed by atoms with Crippen LogP contribution in [0.5, 0.6) is 0 Å². The lowest BCUT2D eigenvalue weighted by molar-refractivity contribution is 0.0458. The van der Waals surface area contributed by atoms with Gasteiger partial charge in [-0.25, -0.2) is 19.6 Å².